The van der Waals surface area contributed by atoms with Gasteiger partial charge in [-0.2, -0.15) is 0 Å². The van der Waals surface area contributed by atoms with Crippen molar-refractivity contribution in [1.29, 1.82) is 0 Å². The van der Waals surface area contributed by atoms with Gasteiger partial charge in [0.1, 0.15) is 5.75 Å². The van der Waals surface area contributed by atoms with Crippen LogP contribution in [0.15, 0.2) is 48.5 Å². The molecule has 1 spiro atoms. The minimum absolute atomic E-state index is 0.00449. The fourth-order valence-electron chi connectivity index (χ4n) is 6.30. The smallest absolute Gasteiger partial charge is 0.306 e. The van der Waals surface area contributed by atoms with E-state index in [0.29, 0.717) is 12.2 Å². The molecule has 6 nitrogen and oxygen atoms in total. The number of amides is 1. The van der Waals surface area contributed by atoms with Crippen molar-refractivity contribution in [1.82, 2.24) is 5.32 Å². The van der Waals surface area contributed by atoms with Crippen molar-refractivity contribution in [2.75, 3.05) is 26.1 Å². The first kappa shape index (κ1) is 26.8. The zero-order chi connectivity index (χ0) is 27.7. The molecule has 0 heterocycles. The van der Waals surface area contributed by atoms with E-state index in [0.717, 1.165) is 29.8 Å². The fraction of sp³-hybridized carbons (Fsp3) is 0.394. The average Bonchev–Trinajstić information content (AvgIpc) is 3.63. The molecule has 6 heteroatoms. The lowest BCUT2D eigenvalue weighted by Crippen LogP contribution is -2.24. The molecule has 0 bridgehead atoms. The summed E-state index contributed by atoms with van der Waals surface area (Å²) in [6.07, 6.45) is 3.91. The summed E-state index contributed by atoms with van der Waals surface area (Å²) in [5.41, 5.74) is 11.2. The lowest BCUT2D eigenvalue weighted by molar-refractivity contribution is -0.141. The van der Waals surface area contributed by atoms with Gasteiger partial charge in [0.2, 0.25) is 0 Å². The maximum Gasteiger partial charge on any atom is 0.306 e. The molecule has 0 aliphatic heterocycles. The SMILES string of the molecule is CNC(=O)COc1cc(C)c(-c2cccc(CNc3ccc4c(c3)CC3(CC3)C4CC(=O)OC)c2C)c(C)c1. The molecule has 1 amide bonds. The largest absolute Gasteiger partial charge is 0.484 e. The van der Waals surface area contributed by atoms with E-state index >= 15 is 0 Å². The second-order valence-corrected chi connectivity index (χ2v) is 11.1. The van der Waals surface area contributed by atoms with Gasteiger partial charge in [-0.05, 0) is 114 Å². The van der Waals surface area contributed by atoms with Crippen LogP contribution in [-0.2, 0) is 27.3 Å². The van der Waals surface area contributed by atoms with Crippen LogP contribution in [0.1, 0.15) is 58.6 Å². The van der Waals surface area contributed by atoms with Gasteiger partial charge in [0.25, 0.3) is 5.91 Å². The molecule has 0 saturated heterocycles. The van der Waals surface area contributed by atoms with Crippen molar-refractivity contribution in [3.05, 3.63) is 81.9 Å². The topological polar surface area (TPSA) is 76.7 Å². The molecule has 2 aliphatic carbocycles. The van der Waals surface area contributed by atoms with Crippen molar-refractivity contribution >= 4 is 17.6 Å². The number of carbonyl (C=O) groups excluding carboxylic acids is 2. The zero-order valence-corrected chi connectivity index (χ0v) is 23.6. The molecule has 1 fully saturated rings. The van der Waals surface area contributed by atoms with Crippen LogP contribution in [0, 0.1) is 26.2 Å². The maximum atomic E-state index is 12.0. The van der Waals surface area contributed by atoms with Gasteiger partial charge < -0.3 is 20.1 Å². The van der Waals surface area contributed by atoms with Gasteiger partial charge in [0.05, 0.1) is 13.5 Å². The number of ether oxygens (including phenoxy) is 2. The van der Waals surface area contributed by atoms with E-state index in [1.807, 2.05) is 12.1 Å². The van der Waals surface area contributed by atoms with E-state index in [1.165, 1.54) is 53.3 Å². The summed E-state index contributed by atoms with van der Waals surface area (Å²) in [6.45, 7) is 7.08. The summed E-state index contributed by atoms with van der Waals surface area (Å²) in [6, 6.07) is 17.1. The highest BCUT2D eigenvalue weighted by Crippen LogP contribution is 2.64. The number of fused-ring (bicyclic) bond motifs is 1. The molecule has 1 unspecified atom stereocenters. The summed E-state index contributed by atoms with van der Waals surface area (Å²) in [7, 11) is 3.08. The molecule has 3 aromatic rings. The molecule has 0 radical (unpaired) electrons. The second-order valence-electron chi connectivity index (χ2n) is 11.1. The molecule has 2 aliphatic rings. The number of methoxy groups -OCH3 is 1. The van der Waals surface area contributed by atoms with Gasteiger partial charge in [-0.1, -0.05) is 24.3 Å². The van der Waals surface area contributed by atoms with Crippen LogP contribution in [0.3, 0.4) is 0 Å². The number of benzene rings is 3. The summed E-state index contributed by atoms with van der Waals surface area (Å²) in [5.74, 6) is 0.710. The minimum Gasteiger partial charge on any atom is -0.484 e. The summed E-state index contributed by atoms with van der Waals surface area (Å²) < 4.78 is 10.7. The Bertz CT molecular complexity index is 1400. The number of likely N-dealkylation sites (N-methyl/N-ethyl adjacent to an activating group) is 1. The van der Waals surface area contributed by atoms with E-state index in [-0.39, 0.29) is 29.8 Å². The van der Waals surface area contributed by atoms with E-state index in [1.54, 1.807) is 7.05 Å². The Morgan fingerprint density at radius 2 is 1.77 bits per heavy atom. The van der Waals surface area contributed by atoms with Crippen LogP contribution in [-0.4, -0.2) is 32.6 Å². The Morgan fingerprint density at radius 3 is 2.44 bits per heavy atom. The lowest BCUT2D eigenvalue weighted by Gasteiger charge is -2.19. The quantitative estimate of drug-likeness (QED) is 0.335. The Morgan fingerprint density at radius 1 is 1.03 bits per heavy atom. The first-order valence-corrected chi connectivity index (χ1v) is 13.7. The number of rotatable bonds is 9. The third-order valence-corrected chi connectivity index (χ3v) is 8.64. The average molecular weight is 527 g/mol. The molecule has 1 atom stereocenters. The number of hydrogen-bond donors (Lipinski definition) is 2. The normalized spacial score (nSPS) is 16.5. The van der Waals surface area contributed by atoms with Crippen molar-refractivity contribution < 1.29 is 19.1 Å². The van der Waals surface area contributed by atoms with Crippen LogP contribution < -0.4 is 15.4 Å². The number of esters is 1. The number of anilines is 1. The van der Waals surface area contributed by atoms with Crippen molar-refractivity contribution in [2.45, 2.75) is 58.9 Å². The third-order valence-electron chi connectivity index (χ3n) is 8.64. The molecule has 5 rings (SSSR count). The number of hydrogen-bond acceptors (Lipinski definition) is 5. The van der Waals surface area contributed by atoms with E-state index < -0.39 is 0 Å². The van der Waals surface area contributed by atoms with Crippen LogP contribution in [0.4, 0.5) is 5.69 Å². The Hall–Kier alpha value is -3.80. The predicted molar refractivity (Wildman–Crippen MR) is 154 cm³/mol. The van der Waals surface area contributed by atoms with Crippen LogP contribution >= 0.6 is 0 Å². The van der Waals surface area contributed by atoms with Gasteiger partial charge >= 0.3 is 5.97 Å². The monoisotopic (exact) mass is 526 g/mol. The zero-order valence-electron chi connectivity index (χ0n) is 23.6. The molecular formula is C33H38N2O4. The standard InChI is InChI=1S/C33H38N2O4/c1-20-13-26(39-19-30(36)34-4)14-21(2)32(20)27-8-6-7-23(22(27)3)18-35-25-9-10-28-24(15-25)17-33(11-12-33)29(28)16-31(37)38-5/h6-10,13-15,29,35H,11-12,16-19H2,1-5H3,(H,34,36). The molecule has 3 aromatic carbocycles. The number of nitrogens with one attached hydrogen (secondary N) is 2. The molecule has 2 N–H and O–H groups in total. The van der Waals surface area contributed by atoms with Gasteiger partial charge in [-0.15, -0.1) is 0 Å². The maximum absolute atomic E-state index is 12.0. The first-order valence-electron chi connectivity index (χ1n) is 13.7. The number of aryl methyl sites for hydroxylation is 2. The highest BCUT2D eigenvalue weighted by Gasteiger charge is 2.54. The minimum atomic E-state index is -0.151. The molecule has 204 valence electrons. The summed E-state index contributed by atoms with van der Waals surface area (Å²) in [4.78, 5) is 23.6. The molecule has 0 aromatic heterocycles. The fourth-order valence-corrected chi connectivity index (χ4v) is 6.30. The predicted octanol–water partition coefficient (Wildman–Crippen LogP) is 6.00. The summed E-state index contributed by atoms with van der Waals surface area (Å²) >= 11 is 0. The third kappa shape index (κ3) is 5.38. The Labute approximate surface area is 231 Å². The second kappa shape index (κ2) is 10.8. The van der Waals surface area contributed by atoms with Gasteiger partial charge in [0, 0.05) is 25.2 Å². The Balaban J connectivity index is 1.32. The van der Waals surface area contributed by atoms with Crippen LogP contribution in [0.2, 0.25) is 0 Å². The van der Waals surface area contributed by atoms with Crippen molar-refractivity contribution in [3.8, 4) is 16.9 Å². The van der Waals surface area contributed by atoms with Gasteiger partial charge in [-0.25, -0.2) is 0 Å². The highest BCUT2D eigenvalue weighted by atomic mass is 16.5. The van der Waals surface area contributed by atoms with Crippen molar-refractivity contribution in [2.24, 2.45) is 5.41 Å². The van der Waals surface area contributed by atoms with Crippen LogP contribution in [0.25, 0.3) is 11.1 Å². The molecular weight excluding hydrogens is 488 g/mol. The molecule has 39 heavy (non-hydrogen) atoms. The molecule has 1 saturated carbocycles. The van der Waals surface area contributed by atoms with E-state index in [2.05, 4.69) is 67.8 Å². The Kier molecular flexibility index (Phi) is 7.39. The lowest BCUT2D eigenvalue weighted by atomic mass is 9.87. The van der Waals surface area contributed by atoms with E-state index in [4.69, 9.17) is 9.47 Å². The number of carbonyl (C=O) groups is 2. The van der Waals surface area contributed by atoms with Gasteiger partial charge in [-0.3, -0.25) is 9.59 Å². The van der Waals surface area contributed by atoms with Gasteiger partial charge in [0.15, 0.2) is 6.61 Å². The van der Waals surface area contributed by atoms with Crippen LogP contribution in [0.5, 0.6) is 5.75 Å². The van der Waals surface area contributed by atoms with E-state index in [9.17, 15) is 9.59 Å². The highest BCUT2D eigenvalue weighted by molar-refractivity contribution is 5.78. The van der Waals surface area contributed by atoms with Crippen molar-refractivity contribution in [3.63, 3.8) is 0 Å². The summed E-state index contributed by atoms with van der Waals surface area (Å²) in [5, 5.41) is 6.23. The first-order chi connectivity index (χ1) is 18.7.